The largest absolute Gasteiger partial charge is 0.496 e. The van der Waals surface area contributed by atoms with E-state index >= 15 is 0 Å². The van der Waals surface area contributed by atoms with Crippen LogP contribution in [0.3, 0.4) is 0 Å². The molecule has 0 spiro atoms. The first kappa shape index (κ1) is 14.8. The van der Waals surface area contributed by atoms with Crippen LogP contribution in [0.25, 0.3) is 0 Å². The molecule has 106 valence electrons. The van der Waals surface area contributed by atoms with Gasteiger partial charge in [-0.05, 0) is 58.2 Å². The van der Waals surface area contributed by atoms with E-state index in [0.717, 1.165) is 16.8 Å². The van der Waals surface area contributed by atoms with Crippen molar-refractivity contribution in [2.75, 3.05) is 34.3 Å². The smallest absolute Gasteiger partial charge is 0.123 e. The summed E-state index contributed by atoms with van der Waals surface area (Å²) in [5.74, 6) is 0.975. The maximum atomic E-state index is 5.45. The zero-order chi connectivity index (χ0) is 13.8. The molecule has 0 aliphatic carbocycles. The number of likely N-dealkylation sites (tertiary alicyclic amines) is 1. The molecule has 0 amide bonds. The van der Waals surface area contributed by atoms with E-state index in [2.05, 4.69) is 45.9 Å². The van der Waals surface area contributed by atoms with E-state index in [1.807, 2.05) is 12.1 Å². The van der Waals surface area contributed by atoms with Gasteiger partial charge in [-0.1, -0.05) is 15.9 Å². The van der Waals surface area contributed by atoms with E-state index < -0.39 is 0 Å². The van der Waals surface area contributed by atoms with Gasteiger partial charge in [-0.2, -0.15) is 0 Å². The topological polar surface area (TPSA) is 15.7 Å². The van der Waals surface area contributed by atoms with Crippen molar-refractivity contribution in [3.63, 3.8) is 0 Å². The number of halogens is 1. The first-order valence-corrected chi connectivity index (χ1v) is 7.60. The molecule has 0 bridgehead atoms. The third kappa shape index (κ3) is 3.94. The van der Waals surface area contributed by atoms with Gasteiger partial charge in [0.2, 0.25) is 0 Å². The summed E-state index contributed by atoms with van der Waals surface area (Å²) in [7, 11) is 6.16. The number of benzene rings is 1. The molecule has 1 aromatic carbocycles. The van der Waals surface area contributed by atoms with Crippen LogP contribution in [0, 0.1) is 0 Å². The Kier molecular flexibility index (Phi) is 5.25. The number of ether oxygens (including phenoxy) is 1. The normalized spacial score (nSPS) is 17.9. The number of rotatable bonds is 4. The van der Waals surface area contributed by atoms with Crippen LogP contribution in [-0.4, -0.2) is 50.1 Å². The van der Waals surface area contributed by atoms with Crippen molar-refractivity contribution < 1.29 is 4.74 Å². The van der Waals surface area contributed by atoms with Crippen LogP contribution in [0.2, 0.25) is 0 Å². The third-order valence-corrected chi connectivity index (χ3v) is 4.47. The standard InChI is InChI=1S/C15H23BrN2O/c1-17-8-6-14(7-9-17)18(2)11-12-10-13(16)4-5-15(12)19-3/h4-5,10,14H,6-9,11H2,1-3H3. The highest BCUT2D eigenvalue weighted by Crippen LogP contribution is 2.25. The Morgan fingerprint density at radius 2 is 2.05 bits per heavy atom. The van der Waals surface area contributed by atoms with Gasteiger partial charge in [-0.25, -0.2) is 0 Å². The lowest BCUT2D eigenvalue weighted by molar-refractivity contribution is 0.138. The molecule has 0 saturated carbocycles. The van der Waals surface area contributed by atoms with E-state index in [9.17, 15) is 0 Å². The lowest BCUT2D eigenvalue weighted by Gasteiger charge is -2.35. The van der Waals surface area contributed by atoms with Gasteiger partial charge in [0.25, 0.3) is 0 Å². The quantitative estimate of drug-likeness (QED) is 0.846. The number of piperidine rings is 1. The Morgan fingerprint density at radius 3 is 2.68 bits per heavy atom. The number of hydrogen-bond acceptors (Lipinski definition) is 3. The highest BCUT2D eigenvalue weighted by atomic mass is 79.9. The highest BCUT2D eigenvalue weighted by Gasteiger charge is 2.21. The van der Waals surface area contributed by atoms with Gasteiger partial charge in [-0.15, -0.1) is 0 Å². The molecule has 1 aliphatic rings. The van der Waals surface area contributed by atoms with Crippen LogP contribution < -0.4 is 4.74 Å². The summed E-state index contributed by atoms with van der Waals surface area (Å²) < 4.78 is 6.56. The Balaban J connectivity index is 2.02. The molecule has 0 atom stereocenters. The molecule has 19 heavy (non-hydrogen) atoms. The number of methoxy groups -OCH3 is 1. The van der Waals surface area contributed by atoms with Crippen LogP contribution >= 0.6 is 15.9 Å². The Hall–Kier alpha value is -0.580. The van der Waals surface area contributed by atoms with Gasteiger partial charge in [0.1, 0.15) is 5.75 Å². The highest BCUT2D eigenvalue weighted by molar-refractivity contribution is 9.10. The minimum atomic E-state index is 0.680. The molecule has 1 aromatic rings. The van der Waals surface area contributed by atoms with E-state index in [0.29, 0.717) is 6.04 Å². The predicted molar refractivity (Wildman–Crippen MR) is 82.7 cm³/mol. The fraction of sp³-hybridized carbons (Fsp3) is 0.600. The Morgan fingerprint density at radius 1 is 1.37 bits per heavy atom. The third-order valence-electron chi connectivity index (χ3n) is 3.97. The van der Waals surface area contributed by atoms with E-state index in [4.69, 9.17) is 4.74 Å². The zero-order valence-corrected chi connectivity index (χ0v) is 13.6. The van der Waals surface area contributed by atoms with Crippen LogP contribution in [-0.2, 0) is 6.54 Å². The van der Waals surface area contributed by atoms with Crippen molar-refractivity contribution in [2.45, 2.75) is 25.4 Å². The van der Waals surface area contributed by atoms with Crippen LogP contribution in [0.15, 0.2) is 22.7 Å². The summed E-state index contributed by atoms with van der Waals surface area (Å²) in [6.45, 7) is 3.34. The van der Waals surface area contributed by atoms with Gasteiger partial charge in [0.05, 0.1) is 7.11 Å². The molecular formula is C15H23BrN2O. The SMILES string of the molecule is COc1ccc(Br)cc1CN(C)C1CCN(C)CC1. The fourth-order valence-electron chi connectivity index (χ4n) is 2.70. The van der Waals surface area contributed by atoms with Crippen molar-refractivity contribution >= 4 is 15.9 Å². The second kappa shape index (κ2) is 6.73. The molecule has 0 unspecified atom stereocenters. The summed E-state index contributed by atoms with van der Waals surface area (Å²) in [4.78, 5) is 4.86. The molecular weight excluding hydrogens is 304 g/mol. The molecule has 2 rings (SSSR count). The molecule has 1 aliphatic heterocycles. The minimum absolute atomic E-state index is 0.680. The van der Waals surface area contributed by atoms with Crippen LogP contribution in [0.4, 0.5) is 0 Å². The lowest BCUT2D eigenvalue weighted by atomic mass is 10.0. The molecule has 1 heterocycles. The van der Waals surface area contributed by atoms with Crippen LogP contribution in [0.5, 0.6) is 5.75 Å². The van der Waals surface area contributed by atoms with Gasteiger partial charge in [0.15, 0.2) is 0 Å². The molecule has 1 saturated heterocycles. The molecule has 1 fully saturated rings. The first-order valence-electron chi connectivity index (χ1n) is 6.81. The zero-order valence-electron chi connectivity index (χ0n) is 12.0. The Labute approximate surface area is 124 Å². The maximum absolute atomic E-state index is 5.45. The van der Waals surface area contributed by atoms with Gasteiger partial charge < -0.3 is 9.64 Å². The molecule has 4 heteroatoms. The van der Waals surface area contributed by atoms with Crippen molar-refractivity contribution in [3.05, 3.63) is 28.2 Å². The number of nitrogens with zero attached hydrogens (tertiary/aromatic N) is 2. The second-order valence-corrected chi connectivity index (χ2v) is 6.32. The summed E-state index contributed by atoms with van der Waals surface area (Å²) in [6.07, 6.45) is 2.51. The maximum Gasteiger partial charge on any atom is 0.123 e. The molecule has 0 N–H and O–H groups in total. The summed E-state index contributed by atoms with van der Waals surface area (Å²) in [5, 5.41) is 0. The van der Waals surface area contributed by atoms with Crippen molar-refractivity contribution in [1.82, 2.24) is 9.80 Å². The molecule has 3 nitrogen and oxygen atoms in total. The average molecular weight is 327 g/mol. The molecule has 0 radical (unpaired) electrons. The van der Waals surface area contributed by atoms with Crippen molar-refractivity contribution in [2.24, 2.45) is 0 Å². The van der Waals surface area contributed by atoms with E-state index in [-0.39, 0.29) is 0 Å². The summed E-state index contributed by atoms with van der Waals surface area (Å²) in [6, 6.07) is 6.89. The second-order valence-electron chi connectivity index (χ2n) is 5.41. The lowest BCUT2D eigenvalue weighted by Crippen LogP contribution is -2.41. The van der Waals surface area contributed by atoms with Crippen molar-refractivity contribution in [3.8, 4) is 5.75 Å². The van der Waals surface area contributed by atoms with Gasteiger partial charge in [-0.3, -0.25) is 4.90 Å². The average Bonchev–Trinajstić information content (AvgIpc) is 2.39. The van der Waals surface area contributed by atoms with Gasteiger partial charge in [0, 0.05) is 22.6 Å². The fourth-order valence-corrected chi connectivity index (χ4v) is 3.11. The minimum Gasteiger partial charge on any atom is -0.496 e. The van der Waals surface area contributed by atoms with Crippen molar-refractivity contribution in [1.29, 1.82) is 0 Å². The predicted octanol–water partition coefficient (Wildman–Crippen LogP) is 2.98. The monoisotopic (exact) mass is 326 g/mol. The van der Waals surface area contributed by atoms with E-state index in [1.54, 1.807) is 7.11 Å². The Bertz CT molecular complexity index is 417. The first-order chi connectivity index (χ1) is 9.10. The van der Waals surface area contributed by atoms with Crippen LogP contribution in [0.1, 0.15) is 18.4 Å². The summed E-state index contributed by atoms with van der Waals surface area (Å²) >= 11 is 3.54. The number of hydrogen-bond donors (Lipinski definition) is 0. The molecule has 0 aromatic heterocycles. The van der Waals surface area contributed by atoms with Gasteiger partial charge >= 0.3 is 0 Å². The summed E-state index contributed by atoms with van der Waals surface area (Å²) in [5.41, 5.74) is 1.25. The van der Waals surface area contributed by atoms with E-state index in [1.165, 1.54) is 31.5 Å².